The van der Waals surface area contributed by atoms with Crippen molar-refractivity contribution in [2.45, 2.75) is 34.1 Å². The third-order valence-corrected chi connectivity index (χ3v) is 11.7. The highest BCUT2D eigenvalue weighted by molar-refractivity contribution is 8.00. The van der Waals surface area contributed by atoms with Gasteiger partial charge in [0.25, 0.3) is 0 Å². The molecule has 6 nitrogen and oxygen atoms in total. The number of hydrogen-bond donors (Lipinski definition) is 0. The van der Waals surface area contributed by atoms with Crippen LogP contribution in [0.25, 0.3) is 0 Å². The standard InChI is InChI=1S/C22H28Cl2N2O4S3/c1-17-3-7-21(8-4-17)32(27,28)25-11-12-26(16-20(14-24)31-19(13-23)15-25)33(29,30)22-9-5-18(2)6-10-22/h3-10,19-20H,11-16H2,1-2H3/t19-,20-/m0/s1. The predicted octanol–water partition coefficient (Wildman–Crippen LogP) is 3.95. The second-order valence-corrected chi connectivity index (χ2v) is 14.1. The van der Waals surface area contributed by atoms with Crippen LogP contribution in [-0.2, 0) is 20.0 Å². The third kappa shape index (κ3) is 6.45. The molecule has 1 heterocycles. The summed E-state index contributed by atoms with van der Waals surface area (Å²) >= 11 is 13.8. The average molecular weight is 552 g/mol. The lowest BCUT2D eigenvalue weighted by Crippen LogP contribution is -2.43. The van der Waals surface area contributed by atoms with Crippen molar-refractivity contribution in [1.29, 1.82) is 0 Å². The SMILES string of the molecule is Cc1ccc(S(=O)(=O)N2CCN(S(=O)(=O)c3ccc(C)cc3)C[C@H](CCl)S[C@@H](CCl)C2)cc1. The molecule has 0 unspecified atom stereocenters. The Hall–Kier alpha value is -0.810. The summed E-state index contributed by atoms with van der Waals surface area (Å²) in [4.78, 5) is 0.347. The van der Waals surface area contributed by atoms with E-state index in [4.69, 9.17) is 23.2 Å². The molecule has 11 heteroatoms. The van der Waals surface area contributed by atoms with E-state index in [0.717, 1.165) is 11.1 Å². The van der Waals surface area contributed by atoms with Gasteiger partial charge in [0.1, 0.15) is 0 Å². The number of sulfonamides is 2. The number of aryl methyl sites for hydroxylation is 2. The fourth-order valence-electron chi connectivity index (χ4n) is 3.54. The summed E-state index contributed by atoms with van der Waals surface area (Å²) in [6.45, 7) is 4.16. The zero-order valence-electron chi connectivity index (χ0n) is 18.5. The van der Waals surface area contributed by atoms with Crippen LogP contribution in [-0.4, -0.2) is 73.9 Å². The normalized spacial score (nSPS) is 21.8. The average Bonchev–Trinajstić information content (AvgIpc) is 2.88. The number of nitrogens with zero attached hydrogens (tertiary/aromatic N) is 2. The molecule has 33 heavy (non-hydrogen) atoms. The Labute approximate surface area is 211 Å². The highest BCUT2D eigenvalue weighted by atomic mass is 35.5. The van der Waals surface area contributed by atoms with Gasteiger partial charge < -0.3 is 0 Å². The topological polar surface area (TPSA) is 74.8 Å². The summed E-state index contributed by atoms with van der Waals surface area (Å²) in [6.07, 6.45) is 0. The zero-order valence-corrected chi connectivity index (χ0v) is 22.5. The second-order valence-electron chi connectivity index (χ2n) is 8.04. The summed E-state index contributed by atoms with van der Waals surface area (Å²) < 4.78 is 56.4. The Kier molecular flexibility index (Phi) is 9.16. The minimum atomic E-state index is -3.83. The Morgan fingerprint density at radius 3 is 1.36 bits per heavy atom. The lowest BCUT2D eigenvalue weighted by Gasteiger charge is -2.26. The molecule has 0 radical (unpaired) electrons. The van der Waals surface area contributed by atoms with Crippen LogP contribution in [0.3, 0.4) is 0 Å². The molecule has 1 aliphatic rings. The molecule has 1 fully saturated rings. The molecular formula is C22H28Cl2N2O4S3. The molecule has 1 aliphatic heterocycles. The zero-order chi connectivity index (χ0) is 24.2. The van der Waals surface area contributed by atoms with E-state index in [1.807, 2.05) is 13.8 Å². The lowest BCUT2D eigenvalue weighted by atomic mass is 10.2. The molecule has 0 aromatic heterocycles. The number of hydrogen-bond acceptors (Lipinski definition) is 5. The number of halogens is 2. The van der Waals surface area contributed by atoms with Crippen LogP contribution in [0.1, 0.15) is 11.1 Å². The van der Waals surface area contributed by atoms with Crippen LogP contribution >= 0.6 is 35.0 Å². The van der Waals surface area contributed by atoms with E-state index in [1.165, 1.54) is 20.4 Å². The van der Waals surface area contributed by atoms with E-state index in [9.17, 15) is 16.8 Å². The molecule has 2 atom stereocenters. The van der Waals surface area contributed by atoms with Gasteiger partial charge in [-0.3, -0.25) is 0 Å². The van der Waals surface area contributed by atoms with Crippen molar-refractivity contribution < 1.29 is 16.8 Å². The van der Waals surface area contributed by atoms with Gasteiger partial charge in [0, 0.05) is 48.4 Å². The van der Waals surface area contributed by atoms with Crippen LogP contribution in [0.5, 0.6) is 0 Å². The molecule has 0 amide bonds. The first-order valence-electron chi connectivity index (χ1n) is 10.5. The largest absolute Gasteiger partial charge is 0.243 e. The Balaban J connectivity index is 1.97. The molecule has 0 saturated carbocycles. The number of rotatable bonds is 6. The first-order chi connectivity index (χ1) is 15.6. The minimum absolute atomic E-state index is 0.0181. The van der Waals surface area contributed by atoms with Crippen LogP contribution in [0.15, 0.2) is 58.3 Å². The predicted molar refractivity (Wildman–Crippen MR) is 136 cm³/mol. The number of benzene rings is 2. The first kappa shape index (κ1) is 26.8. The fraction of sp³-hybridized carbons (Fsp3) is 0.455. The van der Waals surface area contributed by atoms with Crippen LogP contribution in [0.2, 0.25) is 0 Å². The van der Waals surface area contributed by atoms with Crippen molar-refractivity contribution in [3.05, 3.63) is 59.7 Å². The van der Waals surface area contributed by atoms with E-state index in [0.29, 0.717) is 0 Å². The first-order valence-corrected chi connectivity index (χ1v) is 15.4. The van der Waals surface area contributed by atoms with Gasteiger partial charge in [0.05, 0.1) is 9.79 Å². The summed E-state index contributed by atoms with van der Waals surface area (Å²) in [5.41, 5.74) is 1.90. The van der Waals surface area contributed by atoms with Crippen LogP contribution in [0.4, 0.5) is 0 Å². The molecule has 3 rings (SSSR count). The van der Waals surface area contributed by atoms with E-state index in [-0.39, 0.29) is 58.2 Å². The second kappa shape index (κ2) is 11.3. The fourth-order valence-corrected chi connectivity index (χ4v) is 8.54. The van der Waals surface area contributed by atoms with E-state index in [1.54, 1.807) is 48.5 Å². The summed E-state index contributed by atoms with van der Waals surface area (Å²) in [7, 11) is -7.67. The highest BCUT2D eigenvalue weighted by Crippen LogP contribution is 2.29. The van der Waals surface area contributed by atoms with Gasteiger partial charge >= 0.3 is 0 Å². The van der Waals surface area contributed by atoms with Crippen molar-refractivity contribution in [3.8, 4) is 0 Å². The molecule has 1 saturated heterocycles. The van der Waals surface area contributed by atoms with Gasteiger partial charge in [-0.2, -0.15) is 8.61 Å². The van der Waals surface area contributed by atoms with Gasteiger partial charge in [-0.1, -0.05) is 35.4 Å². The maximum absolute atomic E-state index is 13.4. The van der Waals surface area contributed by atoms with Gasteiger partial charge in [-0.05, 0) is 38.1 Å². The van der Waals surface area contributed by atoms with Gasteiger partial charge in [0.15, 0.2) is 0 Å². The maximum atomic E-state index is 13.4. The summed E-state index contributed by atoms with van der Waals surface area (Å²) in [6, 6.07) is 13.3. The highest BCUT2D eigenvalue weighted by Gasteiger charge is 2.34. The van der Waals surface area contributed by atoms with Crippen molar-refractivity contribution in [2.75, 3.05) is 37.9 Å². The van der Waals surface area contributed by atoms with Crippen molar-refractivity contribution in [1.82, 2.24) is 8.61 Å². The van der Waals surface area contributed by atoms with Gasteiger partial charge in [-0.25, -0.2) is 16.8 Å². The van der Waals surface area contributed by atoms with E-state index < -0.39 is 20.0 Å². The van der Waals surface area contributed by atoms with Crippen LogP contribution in [0, 0.1) is 13.8 Å². The quantitative estimate of drug-likeness (QED) is 0.509. The molecular weight excluding hydrogens is 523 g/mol. The molecule has 182 valence electrons. The van der Waals surface area contributed by atoms with Crippen molar-refractivity contribution in [2.24, 2.45) is 0 Å². The van der Waals surface area contributed by atoms with E-state index in [2.05, 4.69) is 0 Å². The molecule has 0 N–H and O–H groups in total. The van der Waals surface area contributed by atoms with Crippen LogP contribution < -0.4 is 0 Å². The molecule has 2 aromatic rings. The lowest BCUT2D eigenvalue weighted by molar-refractivity contribution is 0.352. The van der Waals surface area contributed by atoms with Gasteiger partial charge in [0.2, 0.25) is 20.0 Å². The molecule has 2 aromatic carbocycles. The van der Waals surface area contributed by atoms with Crippen molar-refractivity contribution in [3.63, 3.8) is 0 Å². The molecule has 0 aliphatic carbocycles. The van der Waals surface area contributed by atoms with E-state index >= 15 is 0 Å². The van der Waals surface area contributed by atoms with Crippen molar-refractivity contribution >= 4 is 55.0 Å². The third-order valence-electron chi connectivity index (χ3n) is 5.46. The summed E-state index contributed by atoms with van der Waals surface area (Å²) in [5, 5.41) is -0.449. The number of alkyl halides is 2. The van der Waals surface area contributed by atoms with Gasteiger partial charge in [-0.15, -0.1) is 35.0 Å². The minimum Gasteiger partial charge on any atom is -0.207 e. The smallest absolute Gasteiger partial charge is 0.207 e. The Morgan fingerprint density at radius 2 is 1.06 bits per heavy atom. The Bertz CT molecular complexity index is 1050. The monoisotopic (exact) mass is 550 g/mol. The molecule has 0 bridgehead atoms. The summed E-state index contributed by atoms with van der Waals surface area (Å²) in [5.74, 6) is 0.450. The maximum Gasteiger partial charge on any atom is 0.243 e. The number of thioether (sulfide) groups is 1. The molecule has 0 spiro atoms. The Morgan fingerprint density at radius 1 is 0.727 bits per heavy atom.